The van der Waals surface area contributed by atoms with Crippen molar-refractivity contribution in [2.24, 2.45) is 0 Å². The van der Waals surface area contributed by atoms with Crippen molar-refractivity contribution >= 4 is 23.1 Å². The number of nitrogens with one attached hydrogen (secondary N) is 1. The second-order valence-electron chi connectivity index (χ2n) is 7.33. The Labute approximate surface area is 176 Å². The van der Waals surface area contributed by atoms with Gasteiger partial charge in [0.05, 0.1) is 5.57 Å². The maximum absolute atomic E-state index is 13.4. The summed E-state index contributed by atoms with van der Waals surface area (Å²) in [5.74, 6) is -1.16. The third kappa shape index (κ3) is 5.13. The van der Waals surface area contributed by atoms with E-state index in [0.717, 1.165) is 18.4 Å². The Morgan fingerprint density at radius 1 is 0.933 bits per heavy atom. The molecular weight excluding hydrogens is 383 g/mol. The lowest BCUT2D eigenvalue weighted by molar-refractivity contribution is -0.137. The summed E-state index contributed by atoms with van der Waals surface area (Å²) in [5.41, 5.74) is 2.77. The molecule has 2 amide bonds. The second kappa shape index (κ2) is 10.2. The molecular formula is C24H27FN2O3. The van der Waals surface area contributed by atoms with E-state index < -0.39 is 5.82 Å². The average molecular weight is 410 g/mol. The zero-order chi connectivity index (χ0) is 21.5. The number of halogens is 1. The first-order chi connectivity index (χ1) is 14.5. The highest BCUT2D eigenvalue weighted by molar-refractivity contribution is 6.36. The van der Waals surface area contributed by atoms with E-state index in [1.165, 1.54) is 29.2 Å². The lowest BCUT2D eigenvalue weighted by Gasteiger charge is -2.15. The fourth-order valence-corrected chi connectivity index (χ4v) is 3.23. The molecule has 0 radical (unpaired) electrons. The Kier molecular flexibility index (Phi) is 7.36. The summed E-state index contributed by atoms with van der Waals surface area (Å²) in [7, 11) is 0. The predicted octanol–water partition coefficient (Wildman–Crippen LogP) is 4.53. The third-order valence-corrected chi connectivity index (χ3v) is 4.93. The summed E-state index contributed by atoms with van der Waals surface area (Å²) in [6, 6.07) is 13.2. The lowest BCUT2D eigenvalue weighted by atomic mass is 10.0. The first-order valence-electron chi connectivity index (χ1n) is 10.3. The van der Waals surface area contributed by atoms with E-state index in [2.05, 4.69) is 12.2 Å². The van der Waals surface area contributed by atoms with E-state index in [4.69, 9.17) is 4.74 Å². The minimum absolute atomic E-state index is 0.211. The fraction of sp³-hybridized carbons (Fsp3) is 0.333. The number of aryl methyl sites for hydroxylation is 1. The van der Waals surface area contributed by atoms with Crippen LogP contribution in [0, 0.1) is 12.7 Å². The van der Waals surface area contributed by atoms with Crippen LogP contribution in [0.4, 0.5) is 10.1 Å². The molecule has 30 heavy (non-hydrogen) atoms. The van der Waals surface area contributed by atoms with Crippen LogP contribution in [-0.2, 0) is 14.3 Å². The van der Waals surface area contributed by atoms with Gasteiger partial charge in [0.1, 0.15) is 11.5 Å². The Balaban J connectivity index is 1.81. The largest absolute Gasteiger partial charge is 0.381 e. The van der Waals surface area contributed by atoms with Gasteiger partial charge in [-0.05, 0) is 49.6 Å². The maximum Gasteiger partial charge on any atom is 0.278 e. The molecule has 6 heteroatoms. The zero-order valence-corrected chi connectivity index (χ0v) is 17.4. The summed E-state index contributed by atoms with van der Waals surface area (Å²) in [6.07, 6.45) is 2.61. The van der Waals surface area contributed by atoms with Gasteiger partial charge in [0, 0.05) is 25.4 Å². The number of ether oxygens (including phenoxy) is 1. The number of unbranched alkanes of at least 4 members (excludes halogenated alkanes) is 1. The van der Waals surface area contributed by atoms with Gasteiger partial charge < -0.3 is 10.1 Å². The highest BCUT2D eigenvalue weighted by Crippen LogP contribution is 2.30. The van der Waals surface area contributed by atoms with Crippen molar-refractivity contribution in [3.8, 4) is 0 Å². The zero-order valence-electron chi connectivity index (χ0n) is 17.4. The van der Waals surface area contributed by atoms with Crippen molar-refractivity contribution in [2.45, 2.75) is 33.1 Å². The van der Waals surface area contributed by atoms with Crippen LogP contribution in [0.15, 0.2) is 54.2 Å². The van der Waals surface area contributed by atoms with Crippen molar-refractivity contribution in [3.05, 3.63) is 71.2 Å². The molecule has 2 aromatic carbocycles. The smallest absolute Gasteiger partial charge is 0.278 e. The van der Waals surface area contributed by atoms with Crippen molar-refractivity contribution in [2.75, 3.05) is 25.1 Å². The monoisotopic (exact) mass is 410 g/mol. The quantitative estimate of drug-likeness (QED) is 0.462. The number of rotatable bonds is 10. The Morgan fingerprint density at radius 3 is 2.27 bits per heavy atom. The van der Waals surface area contributed by atoms with Gasteiger partial charge in [0.15, 0.2) is 0 Å². The number of nitrogens with zero attached hydrogens (tertiary/aromatic N) is 1. The molecule has 0 spiro atoms. The minimum atomic E-state index is -0.398. The number of amides is 2. The fourth-order valence-electron chi connectivity index (χ4n) is 3.23. The van der Waals surface area contributed by atoms with Gasteiger partial charge in [0.25, 0.3) is 11.8 Å². The molecule has 1 aliphatic heterocycles. The molecule has 1 aliphatic rings. The molecule has 0 atom stereocenters. The summed E-state index contributed by atoms with van der Waals surface area (Å²) >= 11 is 0. The van der Waals surface area contributed by atoms with Crippen molar-refractivity contribution in [3.63, 3.8) is 0 Å². The van der Waals surface area contributed by atoms with Crippen molar-refractivity contribution < 1.29 is 18.7 Å². The molecule has 3 rings (SSSR count). The third-order valence-electron chi connectivity index (χ3n) is 4.93. The lowest BCUT2D eigenvalue weighted by Crippen LogP contribution is -2.34. The Morgan fingerprint density at radius 2 is 1.60 bits per heavy atom. The van der Waals surface area contributed by atoms with Crippen LogP contribution in [0.2, 0.25) is 0 Å². The summed E-state index contributed by atoms with van der Waals surface area (Å²) in [5, 5.41) is 3.10. The standard InChI is InChI=1S/C24H27FN2O3/c1-3-4-15-30-16-5-14-27-23(28)21(18-8-10-19(25)11-9-18)22(24(27)29)26-20-12-6-17(2)7-13-20/h6-13,26H,3-5,14-16H2,1-2H3. The number of hydrogen-bond donors (Lipinski definition) is 1. The molecule has 5 nitrogen and oxygen atoms in total. The summed E-state index contributed by atoms with van der Waals surface area (Å²) in [4.78, 5) is 27.4. The van der Waals surface area contributed by atoms with Crippen LogP contribution in [0.3, 0.4) is 0 Å². The van der Waals surface area contributed by atoms with Gasteiger partial charge in [-0.2, -0.15) is 0 Å². The van der Waals surface area contributed by atoms with Gasteiger partial charge >= 0.3 is 0 Å². The first kappa shape index (κ1) is 21.7. The van der Waals surface area contributed by atoms with Crippen molar-refractivity contribution in [1.29, 1.82) is 0 Å². The van der Waals surface area contributed by atoms with Gasteiger partial charge in [-0.25, -0.2) is 4.39 Å². The Bertz CT molecular complexity index is 920. The molecule has 1 N–H and O–H groups in total. The number of hydrogen-bond acceptors (Lipinski definition) is 4. The molecule has 0 saturated heterocycles. The average Bonchev–Trinajstić information content (AvgIpc) is 2.97. The van der Waals surface area contributed by atoms with Gasteiger partial charge in [-0.3, -0.25) is 14.5 Å². The van der Waals surface area contributed by atoms with Crippen LogP contribution >= 0.6 is 0 Å². The van der Waals surface area contributed by atoms with Gasteiger partial charge in [0.2, 0.25) is 0 Å². The number of carbonyl (C=O) groups is 2. The molecule has 0 aliphatic carbocycles. The van der Waals surface area contributed by atoms with Crippen LogP contribution in [0.1, 0.15) is 37.3 Å². The molecule has 158 valence electrons. The first-order valence-corrected chi connectivity index (χ1v) is 10.3. The maximum atomic E-state index is 13.4. The molecule has 0 saturated carbocycles. The van der Waals surface area contributed by atoms with E-state index >= 15 is 0 Å². The van der Waals surface area contributed by atoms with E-state index in [0.29, 0.717) is 30.9 Å². The Hall–Kier alpha value is -2.99. The molecule has 1 heterocycles. The predicted molar refractivity (Wildman–Crippen MR) is 115 cm³/mol. The van der Waals surface area contributed by atoms with Gasteiger partial charge in [-0.1, -0.05) is 43.2 Å². The molecule has 0 fully saturated rings. The number of anilines is 1. The topological polar surface area (TPSA) is 58.6 Å². The minimum Gasteiger partial charge on any atom is -0.381 e. The highest BCUT2D eigenvalue weighted by atomic mass is 19.1. The SMILES string of the molecule is CCCCOCCCN1C(=O)C(Nc2ccc(C)cc2)=C(c2ccc(F)cc2)C1=O. The van der Waals surface area contributed by atoms with Crippen LogP contribution in [0.25, 0.3) is 5.57 Å². The van der Waals surface area contributed by atoms with E-state index in [1.807, 2.05) is 31.2 Å². The molecule has 0 aromatic heterocycles. The normalized spacial score (nSPS) is 14.0. The molecule has 2 aromatic rings. The number of imide groups is 1. The van der Waals surface area contributed by atoms with Crippen molar-refractivity contribution in [1.82, 2.24) is 4.90 Å². The van der Waals surface area contributed by atoms with Crippen LogP contribution in [-0.4, -0.2) is 36.5 Å². The highest BCUT2D eigenvalue weighted by Gasteiger charge is 2.38. The summed E-state index contributed by atoms with van der Waals surface area (Å²) < 4.78 is 18.9. The summed E-state index contributed by atoms with van der Waals surface area (Å²) in [6.45, 7) is 5.51. The second-order valence-corrected chi connectivity index (χ2v) is 7.33. The number of benzene rings is 2. The van der Waals surface area contributed by atoms with E-state index in [-0.39, 0.29) is 29.6 Å². The molecule has 0 bridgehead atoms. The van der Waals surface area contributed by atoms with Crippen LogP contribution < -0.4 is 5.32 Å². The molecule has 0 unspecified atom stereocenters. The van der Waals surface area contributed by atoms with E-state index in [1.54, 1.807) is 0 Å². The van der Waals surface area contributed by atoms with Gasteiger partial charge in [-0.15, -0.1) is 0 Å². The van der Waals surface area contributed by atoms with Crippen LogP contribution in [0.5, 0.6) is 0 Å². The van der Waals surface area contributed by atoms with E-state index in [9.17, 15) is 14.0 Å². The number of carbonyl (C=O) groups excluding carboxylic acids is 2.